The van der Waals surface area contributed by atoms with E-state index in [1.54, 1.807) is 32.0 Å². The molecule has 0 aromatic heterocycles. The molecule has 1 amide bonds. The van der Waals surface area contributed by atoms with Crippen molar-refractivity contribution < 1.29 is 17.9 Å². The molecule has 0 radical (unpaired) electrons. The summed E-state index contributed by atoms with van der Waals surface area (Å²) in [6.45, 7) is 9.33. The van der Waals surface area contributed by atoms with Gasteiger partial charge >= 0.3 is 0 Å². The Morgan fingerprint density at radius 2 is 1.64 bits per heavy atom. The molecule has 0 spiro atoms. The maximum Gasteiger partial charge on any atom is 0.265 e. The molecule has 0 saturated heterocycles. The van der Waals surface area contributed by atoms with Crippen LogP contribution in [0, 0.1) is 27.7 Å². The van der Waals surface area contributed by atoms with Crippen molar-refractivity contribution in [1.29, 1.82) is 0 Å². The fraction of sp³-hybridized carbons (Fsp3) is 0.240. The molecule has 174 valence electrons. The third-order valence-electron chi connectivity index (χ3n) is 5.38. The molecule has 0 fully saturated rings. The Kier molecular flexibility index (Phi) is 7.34. The molecule has 0 aliphatic heterocycles. The van der Waals surface area contributed by atoms with Crippen LogP contribution in [0.1, 0.15) is 29.2 Å². The largest absolute Gasteiger partial charge is 0.481 e. The zero-order valence-electron chi connectivity index (χ0n) is 19.2. The smallest absolute Gasteiger partial charge is 0.265 e. The predicted molar refractivity (Wildman–Crippen MR) is 133 cm³/mol. The summed E-state index contributed by atoms with van der Waals surface area (Å²) in [5.74, 6) is 0.329. The number of anilines is 2. The summed E-state index contributed by atoms with van der Waals surface area (Å²) in [7, 11) is -3.81. The number of carbonyl (C=O) groups is 1. The van der Waals surface area contributed by atoms with Crippen LogP contribution in [-0.2, 0) is 14.8 Å². The summed E-state index contributed by atoms with van der Waals surface area (Å²) in [6, 6.07) is 14.9. The first-order valence-electron chi connectivity index (χ1n) is 10.4. The molecular weight excluding hydrogens is 460 g/mol. The summed E-state index contributed by atoms with van der Waals surface area (Å²) >= 11 is 6.07. The minimum Gasteiger partial charge on any atom is -0.481 e. The molecule has 0 aliphatic rings. The SMILES string of the molecule is Cc1cc(C)c(C)c(O[C@@H](C)C(=O)Nc2ccc(S(=O)(=O)Nc3cccc(Cl)c3C)cc2)c1. The van der Waals surface area contributed by atoms with Crippen LogP contribution in [0.5, 0.6) is 5.75 Å². The fourth-order valence-electron chi connectivity index (χ4n) is 3.25. The number of aryl methyl sites for hydroxylation is 2. The highest BCUT2D eigenvalue weighted by Crippen LogP contribution is 2.27. The van der Waals surface area contributed by atoms with Crippen molar-refractivity contribution >= 4 is 38.9 Å². The normalized spacial score (nSPS) is 12.2. The minimum absolute atomic E-state index is 0.0648. The topological polar surface area (TPSA) is 84.5 Å². The molecular formula is C25H27ClN2O4S. The van der Waals surface area contributed by atoms with Crippen molar-refractivity contribution in [3.8, 4) is 5.75 Å². The van der Waals surface area contributed by atoms with Crippen LogP contribution in [0.2, 0.25) is 5.02 Å². The lowest BCUT2D eigenvalue weighted by Crippen LogP contribution is -2.30. The van der Waals surface area contributed by atoms with E-state index in [-0.39, 0.29) is 10.8 Å². The van der Waals surface area contributed by atoms with E-state index in [2.05, 4.69) is 16.1 Å². The lowest BCUT2D eigenvalue weighted by molar-refractivity contribution is -0.122. The average Bonchev–Trinajstić information content (AvgIpc) is 2.75. The Bertz CT molecular complexity index is 1290. The molecule has 8 heteroatoms. The van der Waals surface area contributed by atoms with E-state index in [4.69, 9.17) is 16.3 Å². The molecule has 6 nitrogen and oxygen atoms in total. The maximum absolute atomic E-state index is 12.7. The Morgan fingerprint density at radius 1 is 0.970 bits per heavy atom. The first-order chi connectivity index (χ1) is 15.5. The highest BCUT2D eigenvalue weighted by atomic mass is 35.5. The van der Waals surface area contributed by atoms with Gasteiger partial charge in [-0.15, -0.1) is 0 Å². The number of carbonyl (C=O) groups excluding carboxylic acids is 1. The second-order valence-electron chi connectivity index (χ2n) is 8.00. The predicted octanol–water partition coefficient (Wildman–Crippen LogP) is 5.78. The molecule has 0 saturated carbocycles. The van der Waals surface area contributed by atoms with Gasteiger partial charge in [0.25, 0.3) is 15.9 Å². The number of benzene rings is 3. The molecule has 1 atom stereocenters. The number of halogens is 1. The van der Waals surface area contributed by atoms with E-state index in [1.807, 2.05) is 26.8 Å². The van der Waals surface area contributed by atoms with Gasteiger partial charge in [0.05, 0.1) is 10.6 Å². The highest BCUT2D eigenvalue weighted by molar-refractivity contribution is 7.92. The third kappa shape index (κ3) is 5.86. The van der Waals surface area contributed by atoms with Crippen LogP contribution < -0.4 is 14.8 Å². The van der Waals surface area contributed by atoms with Crippen molar-refractivity contribution in [2.24, 2.45) is 0 Å². The molecule has 3 aromatic carbocycles. The van der Waals surface area contributed by atoms with Gasteiger partial charge in [0.15, 0.2) is 6.10 Å². The van der Waals surface area contributed by atoms with Crippen molar-refractivity contribution in [3.05, 3.63) is 81.9 Å². The summed E-state index contributed by atoms with van der Waals surface area (Å²) in [4.78, 5) is 12.7. The second kappa shape index (κ2) is 9.85. The van der Waals surface area contributed by atoms with Gasteiger partial charge in [-0.1, -0.05) is 23.7 Å². The van der Waals surface area contributed by atoms with Crippen LogP contribution in [0.15, 0.2) is 59.5 Å². The summed E-state index contributed by atoms with van der Waals surface area (Å²) in [5, 5.41) is 3.23. The van der Waals surface area contributed by atoms with Crippen molar-refractivity contribution in [2.75, 3.05) is 10.0 Å². The van der Waals surface area contributed by atoms with Crippen LogP contribution in [0.25, 0.3) is 0 Å². The number of sulfonamides is 1. The number of nitrogens with one attached hydrogen (secondary N) is 2. The molecule has 3 aromatic rings. The van der Waals surface area contributed by atoms with Crippen LogP contribution in [0.3, 0.4) is 0 Å². The van der Waals surface area contributed by atoms with Gasteiger partial charge in [0, 0.05) is 10.7 Å². The monoisotopic (exact) mass is 486 g/mol. The molecule has 0 unspecified atom stereocenters. The molecule has 0 bridgehead atoms. The van der Waals surface area contributed by atoms with Crippen LogP contribution in [0.4, 0.5) is 11.4 Å². The number of ether oxygens (including phenoxy) is 1. The van der Waals surface area contributed by atoms with Crippen molar-refractivity contribution in [3.63, 3.8) is 0 Å². The van der Waals surface area contributed by atoms with Crippen LogP contribution >= 0.6 is 11.6 Å². The quantitative estimate of drug-likeness (QED) is 0.443. The summed E-state index contributed by atoms with van der Waals surface area (Å²) < 4.78 is 33.9. The van der Waals surface area contributed by atoms with Crippen molar-refractivity contribution in [1.82, 2.24) is 0 Å². The van der Waals surface area contributed by atoms with E-state index in [0.717, 1.165) is 16.7 Å². The highest BCUT2D eigenvalue weighted by Gasteiger charge is 2.19. The first-order valence-corrected chi connectivity index (χ1v) is 12.3. The Morgan fingerprint density at radius 3 is 2.30 bits per heavy atom. The zero-order chi connectivity index (χ0) is 24.3. The minimum atomic E-state index is -3.81. The Balaban J connectivity index is 1.68. The number of hydrogen-bond donors (Lipinski definition) is 2. The lowest BCUT2D eigenvalue weighted by atomic mass is 10.1. The van der Waals surface area contributed by atoms with Gasteiger partial charge < -0.3 is 10.1 Å². The second-order valence-corrected chi connectivity index (χ2v) is 10.1. The fourth-order valence-corrected chi connectivity index (χ4v) is 4.55. The zero-order valence-corrected chi connectivity index (χ0v) is 20.8. The molecule has 0 aliphatic carbocycles. The van der Waals surface area contributed by atoms with Gasteiger partial charge in [-0.05, 0) is 99.3 Å². The molecule has 33 heavy (non-hydrogen) atoms. The third-order valence-corrected chi connectivity index (χ3v) is 7.17. The van der Waals surface area contributed by atoms with E-state index in [9.17, 15) is 13.2 Å². The van der Waals surface area contributed by atoms with Gasteiger partial charge in [-0.25, -0.2) is 8.42 Å². The maximum atomic E-state index is 12.7. The Labute approximate surface area is 200 Å². The van der Waals surface area contributed by atoms with Crippen LogP contribution in [-0.4, -0.2) is 20.4 Å². The van der Waals surface area contributed by atoms with Crippen molar-refractivity contribution in [2.45, 2.75) is 45.6 Å². The lowest BCUT2D eigenvalue weighted by Gasteiger charge is -2.18. The average molecular weight is 487 g/mol. The standard InChI is InChI=1S/C25H27ClN2O4S/c1-15-13-16(2)17(3)24(14-15)32-19(5)25(29)27-20-9-11-21(12-10-20)33(30,31)28-23-8-6-7-22(26)18(23)4/h6-14,19,28H,1-5H3,(H,27,29)/t19-/m0/s1. The van der Waals surface area contributed by atoms with E-state index in [1.165, 1.54) is 24.3 Å². The summed E-state index contributed by atoms with van der Waals surface area (Å²) in [6.07, 6.45) is -0.735. The van der Waals surface area contributed by atoms with E-state index < -0.39 is 16.1 Å². The number of rotatable bonds is 7. The van der Waals surface area contributed by atoms with Gasteiger partial charge in [0.2, 0.25) is 0 Å². The van der Waals surface area contributed by atoms with Gasteiger partial charge in [-0.3, -0.25) is 9.52 Å². The van der Waals surface area contributed by atoms with Gasteiger partial charge in [0.1, 0.15) is 5.75 Å². The summed E-state index contributed by atoms with van der Waals surface area (Å²) in [5.41, 5.74) is 4.64. The first kappa shape index (κ1) is 24.6. The number of hydrogen-bond acceptors (Lipinski definition) is 4. The molecule has 3 rings (SSSR count). The molecule has 2 N–H and O–H groups in total. The van der Waals surface area contributed by atoms with Gasteiger partial charge in [-0.2, -0.15) is 0 Å². The molecule has 0 heterocycles. The Hall–Kier alpha value is -3.03. The number of amides is 1. The van der Waals surface area contributed by atoms with E-state index >= 15 is 0 Å². The van der Waals surface area contributed by atoms with E-state index in [0.29, 0.717) is 27.7 Å².